The van der Waals surface area contributed by atoms with Crippen LogP contribution < -0.4 is 15.0 Å². The molecule has 2 N–H and O–H groups in total. The summed E-state index contributed by atoms with van der Waals surface area (Å²) in [6.07, 6.45) is 4.16. The summed E-state index contributed by atoms with van der Waals surface area (Å²) in [5.41, 5.74) is 4.18. The zero-order valence-electron chi connectivity index (χ0n) is 15.0. The van der Waals surface area contributed by atoms with Crippen molar-refractivity contribution in [2.24, 2.45) is 0 Å². The quantitative estimate of drug-likeness (QED) is 0.612. The molecule has 0 bridgehead atoms. The second-order valence-electron chi connectivity index (χ2n) is 6.32. The van der Waals surface area contributed by atoms with Crippen LogP contribution >= 0.6 is 0 Å². The zero-order valence-corrected chi connectivity index (χ0v) is 15.8. The highest BCUT2D eigenvalue weighted by atomic mass is 32.2. The fourth-order valence-corrected chi connectivity index (χ4v) is 3.50. The Morgan fingerprint density at radius 2 is 1.89 bits per heavy atom. The third-order valence-corrected chi connectivity index (χ3v) is 5.14. The minimum absolute atomic E-state index is 0.155. The van der Waals surface area contributed by atoms with E-state index in [1.807, 2.05) is 19.1 Å². The molecule has 2 aromatic carbocycles. The van der Waals surface area contributed by atoms with E-state index in [1.165, 1.54) is 12.1 Å². The molecule has 0 saturated heterocycles. The van der Waals surface area contributed by atoms with Gasteiger partial charge in [-0.25, -0.2) is 18.5 Å². The molecule has 0 aromatic heterocycles. The molecule has 0 radical (unpaired) electrons. The molecule has 2 aromatic rings. The molecule has 8 heteroatoms. The summed E-state index contributed by atoms with van der Waals surface area (Å²) in [6.45, 7) is 3.11. The Kier molecular flexibility index (Phi) is 5.31. The highest BCUT2D eigenvalue weighted by molar-refractivity contribution is 7.85. The van der Waals surface area contributed by atoms with Crippen molar-refractivity contribution < 1.29 is 27.8 Å². The van der Waals surface area contributed by atoms with Gasteiger partial charge in [-0.15, -0.1) is 0 Å². The number of aryl methyl sites for hydroxylation is 1. The highest BCUT2D eigenvalue weighted by Crippen LogP contribution is 2.36. The number of carbonyl (C=O) groups excluding carboxylic acids is 1. The lowest BCUT2D eigenvalue weighted by Crippen LogP contribution is -2.86. The monoisotopic (exact) mass is 388 g/mol. The standard InChI is InChI=1S/C12H12N2O2.C7H8O3S/c1-16-9-5-8-3-2-4-14-7-11(15)13-10(6-9)12(8)14;1-6-2-4-7(5-3-6)11(8,9)10/h2-3,5-6H,4,7H2,1H3,(H,13,15);2-5H,1H3,(H,8,9,10). The first-order valence-corrected chi connectivity index (χ1v) is 9.72. The van der Waals surface area contributed by atoms with Crippen molar-refractivity contribution in [2.45, 2.75) is 11.8 Å². The van der Waals surface area contributed by atoms with E-state index in [0.29, 0.717) is 6.54 Å². The molecular formula is C19H20N2O5S. The Morgan fingerprint density at radius 3 is 2.52 bits per heavy atom. The van der Waals surface area contributed by atoms with Crippen LogP contribution in [0.3, 0.4) is 0 Å². The van der Waals surface area contributed by atoms with Gasteiger partial charge >= 0.3 is 5.91 Å². The largest absolute Gasteiger partial charge is 0.744 e. The van der Waals surface area contributed by atoms with Crippen LogP contribution in [0.25, 0.3) is 6.08 Å². The number of rotatable bonds is 2. The van der Waals surface area contributed by atoms with Crippen LogP contribution in [-0.2, 0) is 14.9 Å². The minimum atomic E-state index is -4.27. The number of anilines is 1. The van der Waals surface area contributed by atoms with Crippen molar-refractivity contribution in [3.63, 3.8) is 0 Å². The van der Waals surface area contributed by atoms with Gasteiger partial charge in [0.1, 0.15) is 28.1 Å². The lowest BCUT2D eigenvalue weighted by atomic mass is 10.0. The van der Waals surface area contributed by atoms with Crippen molar-refractivity contribution in [2.75, 3.05) is 25.1 Å². The van der Waals surface area contributed by atoms with Crippen LogP contribution in [0.5, 0.6) is 5.75 Å². The van der Waals surface area contributed by atoms with Crippen molar-refractivity contribution >= 4 is 33.5 Å². The molecule has 2 aliphatic heterocycles. The smallest absolute Gasteiger partial charge is 0.334 e. The molecule has 2 heterocycles. The summed E-state index contributed by atoms with van der Waals surface area (Å²) >= 11 is 0. The number of ether oxygens (including phenoxy) is 1. The van der Waals surface area contributed by atoms with Crippen molar-refractivity contribution in [1.29, 1.82) is 0 Å². The van der Waals surface area contributed by atoms with Crippen LogP contribution in [0.4, 0.5) is 11.4 Å². The van der Waals surface area contributed by atoms with Crippen LogP contribution in [-0.4, -0.2) is 39.1 Å². The number of hydrogen-bond acceptors (Lipinski definition) is 6. The topological polar surface area (TPSA) is 103 Å². The van der Waals surface area contributed by atoms with Gasteiger partial charge in [0.25, 0.3) is 0 Å². The van der Waals surface area contributed by atoms with E-state index >= 15 is 0 Å². The summed E-state index contributed by atoms with van der Waals surface area (Å²) < 4.78 is 36.4. The first-order valence-electron chi connectivity index (χ1n) is 8.31. The molecule has 142 valence electrons. The third-order valence-electron chi connectivity index (χ3n) is 4.29. The Hall–Kier alpha value is -2.68. The van der Waals surface area contributed by atoms with E-state index in [4.69, 9.17) is 4.74 Å². The fraction of sp³-hybridized carbons (Fsp3) is 0.211. The van der Waals surface area contributed by atoms with Gasteiger partial charge in [0.05, 0.1) is 12.0 Å². The van der Waals surface area contributed by atoms with Gasteiger partial charge in [0.2, 0.25) is 0 Å². The summed E-state index contributed by atoms with van der Waals surface area (Å²) in [6, 6.07) is 9.71. The fourth-order valence-electron chi connectivity index (χ4n) is 3.03. The van der Waals surface area contributed by atoms with Gasteiger partial charge < -0.3 is 14.2 Å². The van der Waals surface area contributed by atoms with Crippen molar-refractivity contribution in [3.8, 4) is 5.75 Å². The number of carbonyl (C=O) groups is 1. The Labute approximate surface area is 158 Å². The first-order chi connectivity index (χ1) is 12.8. The molecule has 0 atom stereocenters. The number of hydrogen-bond donors (Lipinski definition) is 1. The summed E-state index contributed by atoms with van der Waals surface area (Å²) in [7, 11) is -2.63. The maximum atomic E-state index is 11.6. The molecule has 0 saturated carbocycles. The molecule has 0 unspecified atom stereocenters. The average Bonchev–Trinajstić information content (AvgIpc) is 2.61. The van der Waals surface area contributed by atoms with Gasteiger partial charge in [0, 0.05) is 18.2 Å². The summed E-state index contributed by atoms with van der Waals surface area (Å²) in [4.78, 5) is 13.5. The van der Waals surface area contributed by atoms with Crippen LogP contribution in [0, 0.1) is 6.92 Å². The number of quaternary nitrogens is 1. The number of methoxy groups -OCH3 is 1. The first kappa shape index (κ1) is 19.1. The molecule has 0 aliphatic carbocycles. The molecule has 27 heavy (non-hydrogen) atoms. The van der Waals surface area contributed by atoms with Crippen LogP contribution in [0.15, 0.2) is 47.4 Å². The highest BCUT2D eigenvalue weighted by Gasteiger charge is 2.30. The normalized spacial score (nSPS) is 14.9. The average molecular weight is 388 g/mol. The maximum Gasteiger partial charge on any atom is 0.334 e. The Balaban J connectivity index is 0.000000168. The lowest BCUT2D eigenvalue weighted by molar-refractivity contribution is -0.483. The Bertz CT molecular complexity index is 998. The van der Waals surface area contributed by atoms with Gasteiger partial charge in [-0.05, 0) is 25.1 Å². The van der Waals surface area contributed by atoms with Gasteiger partial charge in [-0.3, -0.25) is 0 Å². The van der Waals surface area contributed by atoms with E-state index < -0.39 is 10.1 Å². The van der Waals surface area contributed by atoms with Crippen LogP contribution in [0.2, 0.25) is 0 Å². The SMILES string of the molecule is COc1cc2c3c(c1)[NH2+]C(=O)CN3CC=C2.Cc1ccc(S(=O)(=O)[O-])cc1. The van der Waals surface area contributed by atoms with Gasteiger partial charge in [-0.2, -0.15) is 0 Å². The second-order valence-corrected chi connectivity index (χ2v) is 7.69. The predicted octanol–water partition coefficient (Wildman–Crippen LogP) is 1.16. The van der Waals surface area contributed by atoms with E-state index in [0.717, 1.165) is 34.8 Å². The third kappa shape index (κ3) is 4.36. The number of benzene rings is 2. The lowest BCUT2D eigenvalue weighted by Gasteiger charge is -2.30. The molecule has 1 amide bonds. The van der Waals surface area contributed by atoms with Gasteiger partial charge in [0.15, 0.2) is 5.69 Å². The van der Waals surface area contributed by atoms with Crippen molar-refractivity contribution in [3.05, 3.63) is 53.6 Å². The molecule has 2 aliphatic rings. The minimum Gasteiger partial charge on any atom is -0.744 e. The molecule has 7 nitrogen and oxygen atoms in total. The van der Waals surface area contributed by atoms with E-state index in [2.05, 4.69) is 17.1 Å². The predicted molar refractivity (Wildman–Crippen MR) is 100.0 cm³/mol. The molecule has 4 rings (SSSR count). The number of nitrogens with zero attached hydrogens (tertiary/aromatic N) is 1. The number of amides is 1. The van der Waals surface area contributed by atoms with Gasteiger partial charge in [-0.1, -0.05) is 29.8 Å². The number of nitrogens with two attached hydrogens (primary N) is 1. The molecule has 0 fully saturated rings. The Morgan fingerprint density at radius 1 is 1.19 bits per heavy atom. The number of primary amides is 1. The zero-order chi connectivity index (χ0) is 19.6. The second kappa shape index (κ2) is 7.51. The van der Waals surface area contributed by atoms with Crippen LogP contribution in [0.1, 0.15) is 11.1 Å². The van der Waals surface area contributed by atoms with E-state index in [-0.39, 0.29) is 10.8 Å². The van der Waals surface area contributed by atoms with E-state index in [1.54, 1.807) is 24.6 Å². The summed E-state index contributed by atoms with van der Waals surface area (Å²) in [5, 5.41) is 1.71. The van der Waals surface area contributed by atoms with Crippen molar-refractivity contribution in [1.82, 2.24) is 0 Å². The molecule has 0 spiro atoms. The summed E-state index contributed by atoms with van der Waals surface area (Å²) in [5.74, 6) is 0.952. The maximum absolute atomic E-state index is 11.6. The molecular weight excluding hydrogens is 368 g/mol. The van der Waals surface area contributed by atoms with E-state index in [9.17, 15) is 17.8 Å².